The van der Waals surface area contributed by atoms with Crippen molar-refractivity contribution in [1.82, 2.24) is 0 Å². The first-order valence-electron chi connectivity index (χ1n) is 6.18. The molecule has 1 fully saturated rings. The van der Waals surface area contributed by atoms with Crippen molar-refractivity contribution in [3.05, 3.63) is 28.8 Å². The van der Waals surface area contributed by atoms with Gasteiger partial charge in [0.15, 0.2) is 0 Å². The lowest BCUT2D eigenvalue weighted by molar-refractivity contribution is 0.208. The van der Waals surface area contributed by atoms with E-state index in [9.17, 15) is 0 Å². The summed E-state index contributed by atoms with van der Waals surface area (Å²) in [6.07, 6.45) is 12.0. The summed E-state index contributed by atoms with van der Waals surface area (Å²) in [5, 5.41) is 0.656. The van der Waals surface area contributed by atoms with E-state index in [-0.39, 0.29) is 0 Å². The van der Waals surface area contributed by atoms with E-state index in [0.29, 0.717) is 10.9 Å². The minimum absolute atomic E-state index is 0.656. The number of ether oxygens (including phenoxy) is 1. The highest BCUT2D eigenvalue weighted by atomic mass is 35.5. The Kier molecular flexibility index (Phi) is 4.34. The summed E-state index contributed by atoms with van der Waals surface area (Å²) in [5.74, 6) is 4.08. The molecule has 1 aromatic rings. The van der Waals surface area contributed by atoms with Crippen LogP contribution < -0.4 is 4.74 Å². The lowest BCUT2D eigenvalue weighted by Gasteiger charge is -2.22. The summed E-state index contributed by atoms with van der Waals surface area (Å²) < 4.78 is 5.82. The van der Waals surface area contributed by atoms with Crippen LogP contribution in [-0.2, 0) is 0 Å². The lowest BCUT2D eigenvalue weighted by atomic mass is 9.90. The summed E-state index contributed by atoms with van der Waals surface area (Å²) in [5.41, 5.74) is 0.744. The average Bonchev–Trinajstić information content (AvgIpc) is 2.38. The van der Waals surface area contributed by atoms with Crippen LogP contribution in [0, 0.1) is 18.3 Å². The van der Waals surface area contributed by atoms with Crippen molar-refractivity contribution in [3.8, 4) is 18.1 Å². The third kappa shape index (κ3) is 3.41. The molecule has 1 aliphatic carbocycles. The fourth-order valence-corrected chi connectivity index (χ4v) is 2.47. The van der Waals surface area contributed by atoms with Gasteiger partial charge in [-0.1, -0.05) is 36.8 Å². The predicted octanol–water partition coefficient (Wildman–Crippen LogP) is 4.28. The summed E-state index contributed by atoms with van der Waals surface area (Å²) in [4.78, 5) is 0. The molecule has 1 nitrogen and oxygen atoms in total. The molecule has 90 valence electrons. The van der Waals surface area contributed by atoms with Gasteiger partial charge in [0.2, 0.25) is 0 Å². The molecular weight excluding hydrogens is 232 g/mol. The van der Waals surface area contributed by atoms with Crippen molar-refractivity contribution in [2.45, 2.75) is 32.1 Å². The smallest absolute Gasteiger partial charge is 0.135 e. The molecule has 1 saturated carbocycles. The molecule has 0 spiro atoms. The molecule has 0 atom stereocenters. The second-order valence-electron chi connectivity index (χ2n) is 4.60. The molecule has 0 aromatic heterocycles. The van der Waals surface area contributed by atoms with Crippen molar-refractivity contribution < 1.29 is 4.74 Å². The number of halogens is 1. The fraction of sp³-hybridized carbons (Fsp3) is 0.467. The van der Waals surface area contributed by atoms with E-state index in [4.69, 9.17) is 22.8 Å². The van der Waals surface area contributed by atoms with Crippen LogP contribution in [-0.4, -0.2) is 6.61 Å². The topological polar surface area (TPSA) is 9.23 Å². The molecular formula is C15H17ClO. The van der Waals surface area contributed by atoms with Gasteiger partial charge in [0, 0.05) is 5.02 Å². The maximum atomic E-state index is 5.89. The van der Waals surface area contributed by atoms with Crippen LogP contribution in [0.1, 0.15) is 37.7 Å². The first-order valence-corrected chi connectivity index (χ1v) is 6.56. The Morgan fingerprint density at radius 1 is 1.29 bits per heavy atom. The maximum Gasteiger partial charge on any atom is 0.135 e. The summed E-state index contributed by atoms with van der Waals surface area (Å²) in [6.45, 7) is 0.774. The van der Waals surface area contributed by atoms with Crippen molar-refractivity contribution in [3.63, 3.8) is 0 Å². The minimum Gasteiger partial charge on any atom is -0.492 e. The molecule has 0 heterocycles. The van der Waals surface area contributed by atoms with Gasteiger partial charge in [-0.05, 0) is 37.0 Å². The van der Waals surface area contributed by atoms with Crippen LogP contribution in [0.15, 0.2) is 18.2 Å². The van der Waals surface area contributed by atoms with Gasteiger partial charge in [0.25, 0.3) is 0 Å². The van der Waals surface area contributed by atoms with E-state index in [2.05, 4.69) is 5.92 Å². The van der Waals surface area contributed by atoms with Gasteiger partial charge >= 0.3 is 0 Å². The Hall–Kier alpha value is -1.13. The van der Waals surface area contributed by atoms with Crippen LogP contribution in [0.5, 0.6) is 5.75 Å². The first kappa shape index (κ1) is 12.3. The number of rotatable bonds is 3. The normalized spacial score (nSPS) is 16.5. The van der Waals surface area contributed by atoms with Gasteiger partial charge in [-0.2, -0.15) is 0 Å². The summed E-state index contributed by atoms with van der Waals surface area (Å²) in [6, 6.07) is 5.46. The molecule has 0 bridgehead atoms. The highest BCUT2D eigenvalue weighted by Gasteiger charge is 2.14. The molecule has 0 N–H and O–H groups in total. The van der Waals surface area contributed by atoms with Gasteiger partial charge in [-0.3, -0.25) is 0 Å². The Labute approximate surface area is 108 Å². The number of hydrogen-bond acceptors (Lipinski definition) is 1. The van der Waals surface area contributed by atoms with E-state index in [1.807, 2.05) is 12.1 Å². The van der Waals surface area contributed by atoms with E-state index in [0.717, 1.165) is 17.9 Å². The quantitative estimate of drug-likeness (QED) is 0.726. The standard InChI is InChI=1S/C15H17ClO/c1-2-13-10-14(16)8-9-15(13)17-11-12-6-4-3-5-7-12/h1,8-10,12H,3-7,11H2. The first-order chi connectivity index (χ1) is 8.29. The monoisotopic (exact) mass is 248 g/mol. The van der Waals surface area contributed by atoms with E-state index >= 15 is 0 Å². The molecule has 2 rings (SSSR count). The molecule has 0 amide bonds. The second kappa shape index (κ2) is 5.98. The van der Waals surface area contributed by atoms with E-state index in [1.165, 1.54) is 32.1 Å². The van der Waals surface area contributed by atoms with Crippen LogP contribution in [0.2, 0.25) is 5.02 Å². The molecule has 0 saturated heterocycles. The van der Waals surface area contributed by atoms with Crippen LogP contribution >= 0.6 is 11.6 Å². The van der Waals surface area contributed by atoms with Crippen LogP contribution in [0.3, 0.4) is 0 Å². The molecule has 0 radical (unpaired) electrons. The SMILES string of the molecule is C#Cc1cc(Cl)ccc1OCC1CCCCC1. The van der Waals surface area contributed by atoms with Gasteiger partial charge in [-0.15, -0.1) is 6.42 Å². The van der Waals surface area contributed by atoms with Crippen molar-refractivity contribution >= 4 is 11.6 Å². The molecule has 2 heteroatoms. The van der Waals surface area contributed by atoms with Crippen molar-refractivity contribution in [2.75, 3.05) is 6.61 Å². The average molecular weight is 249 g/mol. The Balaban J connectivity index is 1.96. The number of terminal acetylenes is 1. The van der Waals surface area contributed by atoms with Crippen molar-refractivity contribution in [1.29, 1.82) is 0 Å². The Morgan fingerprint density at radius 2 is 2.06 bits per heavy atom. The minimum atomic E-state index is 0.656. The maximum absolute atomic E-state index is 5.89. The molecule has 1 aromatic carbocycles. The van der Waals surface area contributed by atoms with Gasteiger partial charge < -0.3 is 4.74 Å². The van der Waals surface area contributed by atoms with Gasteiger partial charge in [0.05, 0.1) is 12.2 Å². The zero-order chi connectivity index (χ0) is 12.1. The number of hydrogen-bond donors (Lipinski definition) is 0. The Bertz CT molecular complexity index is 413. The largest absolute Gasteiger partial charge is 0.492 e. The van der Waals surface area contributed by atoms with Crippen molar-refractivity contribution in [2.24, 2.45) is 5.92 Å². The summed E-state index contributed by atoms with van der Waals surface area (Å²) >= 11 is 5.89. The highest BCUT2D eigenvalue weighted by Crippen LogP contribution is 2.26. The molecule has 1 aliphatic rings. The molecule has 0 aliphatic heterocycles. The molecule has 17 heavy (non-hydrogen) atoms. The van der Waals surface area contributed by atoms with Crippen LogP contribution in [0.4, 0.5) is 0 Å². The highest BCUT2D eigenvalue weighted by molar-refractivity contribution is 6.30. The zero-order valence-corrected chi connectivity index (χ0v) is 10.7. The Morgan fingerprint density at radius 3 is 2.76 bits per heavy atom. The van der Waals surface area contributed by atoms with Gasteiger partial charge in [-0.25, -0.2) is 0 Å². The van der Waals surface area contributed by atoms with E-state index < -0.39 is 0 Å². The summed E-state index contributed by atoms with van der Waals surface area (Å²) in [7, 11) is 0. The lowest BCUT2D eigenvalue weighted by Crippen LogP contribution is -2.15. The van der Waals surface area contributed by atoms with Crippen LogP contribution in [0.25, 0.3) is 0 Å². The molecule has 0 unspecified atom stereocenters. The fourth-order valence-electron chi connectivity index (χ4n) is 2.30. The predicted molar refractivity (Wildman–Crippen MR) is 71.5 cm³/mol. The van der Waals surface area contributed by atoms with E-state index in [1.54, 1.807) is 6.07 Å². The third-order valence-corrected chi connectivity index (χ3v) is 3.53. The third-order valence-electron chi connectivity index (χ3n) is 3.30. The number of benzene rings is 1. The second-order valence-corrected chi connectivity index (χ2v) is 5.04. The van der Waals surface area contributed by atoms with Gasteiger partial charge in [0.1, 0.15) is 5.75 Å². The zero-order valence-electron chi connectivity index (χ0n) is 9.92.